The number of benzene rings is 2. The Balaban J connectivity index is 1.53. The zero-order valence-electron chi connectivity index (χ0n) is 20.2. The normalized spacial score (nSPS) is 18.6. The predicted octanol–water partition coefficient (Wildman–Crippen LogP) is 5.99. The maximum atomic E-state index is 13.5. The van der Waals surface area contributed by atoms with E-state index < -0.39 is 11.7 Å². The van der Waals surface area contributed by atoms with Gasteiger partial charge in [-0.25, -0.2) is 0 Å². The third-order valence-corrected chi connectivity index (χ3v) is 6.52. The molecule has 8 heteroatoms. The van der Waals surface area contributed by atoms with Crippen molar-refractivity contribution in [2.24, 2.45) is 0 Å². The number of halogens is 3. The third kappa shape index (κ3) is 4.48. The molecular formula is C28H26F3N3O2. The average molecular weight is 494 g/mol. The lowest BCUT2D eigenvalue weighted by Crippen LogP contribution is -2.45. The van der Waals surface area contributed by atoms with Crippen molar-refractivity contribution in [1.82, 2.24) is 9.55 Å². The molecule has 2 atom stereocenters. The summed E-state index contributed by atoms with van der Waals surface area (Å²) in [6.45, 7) is 7.60. The molecular weight excluding hydrogens is 467 g/mol. The number of ether oxygens (including phenoxy) is 1. The molecule has 0 radical (unpaired) electrons. The molecule has 0 N–H and O–H groups in total. The van der Waals surface area contributed by atoms with Crippen molar-refractivity contribution >= 4 is 16.5 Å². The minimum absolute atomic E-state index is 0.145. The molecule has 0 saturated carbocycles. The Morgan fingerprint density at radius 1 is 0.917 bits per heavy atom. The van der Waals surface area contributed by atoms with Gasteiger partial charge in [0.2, 0.25) is 0 Å². The first-order valence-electron chi connectivity index (χ1n) is 11.8. The molecule has 0 amide bonds. The van der Waals surface area contributed by atoms with Crippen molar-refractivity contribution in [1.29, 1.82) is 0 Å². The van der Waals surface area contributed by atoms with Gasteiger partial charge >= 0.3 is 6.18 Å². The third-order valence-electron chi connectivity index (χ3n) is 6.52. The van der Waals surface area contributed by atoms with Gasteiger partial charge < -0.3 is 9.64 Å². The van der Waals surface area contributed by atoms with Crippen LogP contribution in [0, 0.1) is 6.92 Å². The number of rotatable bonds is 3. The van der Waals surface area contributed by atoms with Crippen molar-refractivity contribution in [3.63, 3.8) is 0 Å². The first kappa shape index (κ1) is 24.1. The molecule has 2 aromatic heterocycles. The molecule has 1 aliphatic heterocycles. The van der Waals surface area contributed by atoms with E-state index >= 15 is 0 Å². The Labute approximate surface area is 206 Å². The number of fused-ring (bicyclic) bond motifs is 1. The monoisotopic (exact) mass is 493 g/mol. The second-order valence-corrected chi connectivity index (χ2v) is 9.32. The van der Waals surface area contributed by atoms with E-state index in [4.69, 9.17) is 4.74 Å². The van der Waals surface area contributed by atoms with Gasteiger partial charge in [0.25, 0.3) is 5.56 Å². The van der Waals surface area contributed by atoms with Gasteiger partial charge in [0.15, 0.2) is 0 Å². The van der Waals surface area contributed by atoms with Crippen LogP contribution in [0.4, 0.5) is 18.9 Å². The first-order chi connectivity index (χ1) is 17.1. The fraction of sp³-hybridized carbons (Fsp3) is 0.286. The summed E-state index contributed by atoms with van der Waals surface area (Å²) in [5, 5.41) is 1.09. The zero-order valence-corrected chi connectivity index (χ0v) is 20.2. The number of hydrogen-bond donors (Lipinski definition) is 0. The molecule has 3 heterocycles. The van der Waals surface area contributed by atoms with E-state index in [2.05, 4.69) is 23.7 Å². The molecule has 0 bridgehead atoms. The maximum Gasteiger partial charge on any atom is 0.416 e. The summed E-state index contributed by atoms with van der Waals surface area (Å²) in [5.41, 5.74) is 2.66. The van der Waals surface area contributed by atoms with Crippen LogP contribution in [0.25, 0.3) is 27.7 Å². The highest BCUT2D eigenvalue weighted by atomic mass is 19.4. The van der Waals surface area contributed by atoms with Crippen LogP contribution in [0.2, 0.25) is 0 Å². The second kappa shape index (κ2) is 9.09. The first-order valence-corrected chi connectivity index (χ1v) is 11.8. The van der Waals surface area contributed by atoms with Crippen LogP contribution in [0.1, 0.15) is 25.0 Å². The van der Waals surface area contributed by atoms with Gasteiger partial charge in [-0.3, -0.25) is 14.3 Å². The Morgan fingerprint density at radius 2 is 1.53 bits per heavy atom. The van der Waals surface area contributed by atoms with Crippen LogP contribution in [-0.4, -0.2) is 34.8 Å². The fourth-order valence-corrected chi connectivity index (χ4v) is 4.93. The van der Waals surface area contributed by atoms with Gasteiger partial charge in [0, 0.05) is 47.8 Å². The number of hydrogen-bond acceptors (Lipinski definition) is 4. The predicted molar refractivity (Wildman–Crippen MR) is 135 cm³/mol. The fourth-order valence-electron chi connectivity index (χ4n) is 4.93. The molecule has 5 rings (SSSR count). The Bertz CT molecular complexity index is 1450. The highest BCUT2D eigenvalue weighted by molar-refractivity contribution is 5.96. The second-order valence-electron chi connectivity index (χ2n) is 9.32. The van der Waals surface area contributed by atoms with E-state index in [1.165, 1.54) is 18.3 Å². The summed E-state index contributed by atoms with van der Waals surface area (Å²) in [5.74, 6) is 0. The smallest absolute Gasteiger partial charge is 0.372 e. The van der Waals surface area contributed by atoms with E-state index in [-0.39, 0.29) is 17.8 Å². The number of alkyl halides is 3. The number of nitrogens with zero attached hydrogens (tertiary/aromatic N) is 3. The summed E-state index contributed by atoms with van der Waals surface area (Å²) in [6, 6.07) is 14.4. The zero-order chi connectivity index (χ0) is 25.6. The minimum atomic E-state index is -4.41. The van der Waals surface area contributed by atoms with Crippen LogP contribution >= 0.6 is 0 Å². The highest BCUT2D eigenvalue weighted by Crippen LogP contribution is 2.33. The molecule has 1 saturated heterocycles. The van der Waals surface area contributed by atoms with Gasteiger partial charge in [-0.15, -0.1) is 0 Å². The number of anilines is 1. The lowest BCUT2D eigenvalue weighted by atomic mass is 10.0. The summed E-state index contributed by atoms with van der Waals surface area (Å²) < 4.78 is 46.4. The van der Waals surface area contributed by atoms with Gasteiger partial charge in [0.1, 0.15) is 0 Å². The summed E-state index contributed by atoms with van der Waals surface area (Å²) in [4.78, 5) is 20.2. The number of aromatic nitrogens is 2. The topological polar surface area (TPSA) is 47.4 Å². The van der Waals surface area contributed by atoms with Crippen molar-refractivity contribution in [3.8, 4) is 16.9 Å². The molecule has 1 aliphatic rings. The number of pyridine rings is 2. The minimum Gasteiger partial charge on any atom is -0.372 e. The van der Waals surface area contributed by atoms with Crippen LogP contribution in [0.15, 0.2) is 71.8 Å². The Hall–Kier alpha value is -3.65. The van der Waals surface area contributed by atoms with E-state index in [1.54, 1.807) is 16.8 Å². The summed E-state index contributed by atoms with van der Waals surface area (Å²) in [6.07, 6.45) is -0.848. The van der Waals surface area contributed by atoms with Crippen molar-refractivity contribution in [2.75, 3.05) is 18.0 Å². The molecule has 2 aromatic carbocycles. The Kier molecular flexibility index (Phi) is 6.08. The highest BCUT2D eigenvalue weighted by Gasteiger charge is 2.30. The Morgan fingerprint density at radius 3 is 2.14 bits per heavy atom. The van der Waals surface area contributed by atoms with Crippen LogP contribution in [-0.2, 0) is 10.9 Å². The average Bonchev–Trinajstić information content (AvgIpc) is 2.85. The van der Waals surface area contributed by atoms with Gasteiger partial charge in [-0.05, 0) is 68.8 Å². The SMILES string of the molecule is Cc1cn(-c2ccc(N3CC(C)O[C@@H](C)C3)cc2)c(=O)c2ccnc(-c3ccc(C(F)(F)F)cc3)c12. The van der Waals surface area contributed by atoms with Crippen LogP contribution < -0.4 is 10.5 Å². The van der Waals surface area contributed by atoms with Gasteiger partial charge in [0.05, 0.1) is 28.9 Å². The summed E-state index contributed by atoms with van der Waals surface area (Å²) in [7, 11) is 0. The van der Waals surface area contributed by atoms with Crippen molar-refractivity contribution in [2.45, 2.75) is 39.2 Å². The van der Waals surface area contributed by atoms with E-state index in [0.29, 0.717) is 22.0 Å². The molecule has 186 valence electrons. The van der Waals surface area contributed by atoms with E-state index in [9.17, 15) is 18.0 Å². The number of aryl methyl sites for hydroxylation is 1. The van der Waals surface area contributed by atoms with Crippen molar-refractivity contribution in [3.05, 3.63) is 88.5 Å². The molecule has 1 unspecified atom stereocenters. The maximum absolute atomic E-state index is 13.5. The van der Waals surface area contributed by atoms with Crippen LogP contribution in [0.3, 0.4) is 0 Å². The molecule has 36 heavy (non-hydrogen) atoms. The molecule has 5 nitrogen and oxygen atoms in total. The lowest BCUT2D eigenvalue weighted by molar-refractivity contribution is -0.137. The molecule has 0 aliphatic carbocycles. The lowest BCUT2D eigenvalue weighted by Gasteiger charge is -2.36. The largest absolute Gasteiger partial charge is 0.416 e. The molecule has 1 fully saturated rings. The molecule has 0 spiro atoms. The quantitative estimate of drug-likeness (QED) is 0.352. The van der Waals surface area contributed by atoms with Gasteiger partial charge in [-0.1, -0.05) is 12.1 Å². The number of morpholine rings is 1. The van der Waals surface area contributed by atoms with E-state index in [0.717, 1.165) is 42.2 Å². The van der Waals surface area contributed by atoms with Crippen molar-refractivity contribution < 1.29 is 17.9 Å². The van der Waals surface area contributed by atoms with E-state index in [1.807, 2.05) is 31.2 Å². The van der Waals surface area contributed by atoms with Gasteiger partial charge in [-0.2, -0.15) is 13.2 Å². The summed E-state index contributed by atoms with van der Waals surface area (Å²) >= 11 is 0. The molecule has 4 aromatic rings. The standard InChI is InChI=1S/C28H26F3N3O2/c1-17-14-34(23-10-8-22(9-11-23)33-15-18(2)36-19(3)16-33)27(35)24-12-13-32-26(25(17)24)20-4-6-21(7-5-20)28(29,30)31/h4-14,18-19H,15-16H2,1-3H3/t18-,19?/m0/s1. The van der Waals surface area contributed by atoms with Crippen LogP contribution in [0.5, 0.6) is 0 Å².